The van der Waals surface area contributed by atoms with Crippen LogP contribution in [0.3, 0.4) is 0 Å². The number of carboxylic acid groups (broad SMARTS) is 1. The first-order valence-corrected chi connectivity index (χ1v) is 15.9. The van der Waals surface area contributed by atoms with Gasteiger partial charge in [-0.05, 0) is 73.2 Å². The van der Waals surface area contributed by atoms with E-state index in [1.807, 2.05) is 108 Å². The van der Waals surface area contributed by atoms with E-state index in [2.05, 4.69) is 31.3 Å². The maximum Gasteiger partial charge on any atom is 0.306 e. The molecule has 5 aromatic rings. The summed E-state index contributed by atoms with van der Waals surface area (Å²) in [6.07, 6.45) is 3.82. The second-order valence-corrected chi connectivity index (χ2v) is 12.1. The lowest BCUT2D eigenvalue weighted by Gasteiger charge is -2.25. The topological polar surface area (TPSA) is 91.6 Å². The minimum absolute atomic E-state index is 0.0531. The van der Waals surface area contributed by atoms with Gasteiger partial charge in [0.05, 0.1) is 5.92 Å². The van der Waals surface area contributed by atoms with Crippen LogP contribution in [0, 0.1) is 11.8 Å². The Morgan fingerprint density at radius 3 is 2.26 bits per heavy atom. The molecular formula is C39H41N3O4. The number of carboxylic acids is 1. The fourth-order valence-electron chi connectivity index (χ4n) is 5.86. The number of fused-ring (bicyclic) bond motifs is 1. The van der Waals surface area contributed by atoms with E-state index in [9.17, 15) is 19.5 Å². The summed E-state index contributed by atoms with van der Waals surface area (Å²) in [6, 6.07) is 32.7. The van der Waals surface area contributed by atoms with Gasteiger partial charge in [-0.15, -0.1) is 0 Å². The van der Waals surface area contributed by atoms with Crippen LogP contribution in [0.15, 0.2) is 109 Å². The van der Waals surface area contributed by atoms with Gasteiger partial charge in [-0.25, -0.2) is 0 Å². The van der Waals surface area contributed by atoms with Gasteiger partial charge < -0.3 is 19.9 Å². The van der Waals surface area contributed by atoms with E-state index in [4.69, 9.17) is 0 Å². The number of rotatable bonds is 14. The van der Waals surface area contributed by atoms with Crippen molar-refractivity contribution in [3.8, 4) is 0 Å². The van der Waals surface area contributed by atoms with Crippen LogP contribution in [0.1, 0.15) is 55.1 Å². The first-order chi connectivity index (χ1) is 22.2. The predicted octanol–water partition coefficient (Wildman–Crippen LogP) is 8.35. The number of nitrogens with zero attached hydrogens (tertiary/aromatic N) is 2. The molecule has 4 aromatic carbocycles. The molecule has 0 fully saturated rings. The molecule has 7 nitrogen and oxygen atoms in total. The maximum atomic E-state index is 14.1. The highest BCUT2D eigenvalue weighted by Gasteiger charge is 2.21. The molecule has 7 heteroatoms. The number of benzene rings is 4. The van der Waals surface area contributed by atoms with E-state index in [-0.39, 0.29) is 18.2 Å². The fourth-order valence-corrected chi connectivity index (χ4v) is 5.86. The summed E-state index contributed by atoms with van der Waals surface area (Å²) in [5.41, 5.74) is 5.46. The van der Waals surface area contributed by atoms with Crippen LogP contribution in [-0.2, 0) is 22.6 Å². The van der Waals surface area contributed by atoms with E-state index in [0.717, 1.165) is 28.7 Å². The van der Waals surface area contributed by atoms with E-state index < -0.39 is 11.9 Å². The normalized spacial score (nSPS) is 11.8. The van der Waals surface area contributed by atoms with Crippen LogP contribution < -0.4 is 10.2 Å². The highest BCUT2D eigenvalue weighted by molar-refractivity contribution is 6.16. The van der Waals surface area contributed by atoms with Crippen molar-refractivity contribution in [3.63, 3.8) is 0 Å². The Morgan fingerprint density at radius 2 is 1.57 bits per heavy atom. The monoisotopic (exact) mass is 615 g/mol. The average molecular weight is 616 g/mol. The van der Waals surface area contributed by atoms with E-state index in [1.54, 1.807) is 6.07 Å². The molecule has 0 saturated carbocycles. The molecule has 1 unspecified atom stereocenters. The Kier molecular flexibility index (Phi) is 10.3. The number of aliphatic carboxylic acids is 1. The molecule has 1 heterocycles. The van der Waals surface area contributed by atoms with Gasteiger partial charge >= 0.3 is 5.97 Å². The lowest BCUT2D eigenvalue weighted by Crippen LogP contribution is -2.30. The Bertz CT molecular complexity index is 1810. The van der Waals surface area contributed by atoms with Gasteiger partial charge in [0.2, 0.25) is 5.91 Å². The minimum atomic E-state index is -0.802. The lowest BCUT2D eigenvalue weighted by atomic mass is 10.0. The molecule has 0 bridgehead atoms. The molecule has 1 aromatic heterocycles. The largest absolute Gasteiger partial charge is 0.481 e. The number of para-hydroxylation sites is 2. The molecule has 0 aliphatic carbocycles. The van der Waals surface area contributed by atoms with E-state index in [0.29, 0.717) is 42.1 Å². The summed E-state index contributed by atoms with van der Waals surface area (Å²) in [4.78, 5) is 40.9. The summed E-state index contributed by atoms with van der Waals surface area (Å²) in [6.45, 7) is 6.80. The highest BCUT2D eigenvalue weighted by Crippen LogP contribution is 2.30. The number of hydrogen-bond acceptors (Lipinski definition) is 4. The van der Waals surface area contributed by atoms with Crippen LogP contribution in [0.2, 0.25) is 0 Å². The van der Waals surface area contributed by atoms with Crippen LogP contribution >= 0.6 is 0 Å². The maximum absolute atomic E-state index is 14.1. The standard InChI is InChI=1S/C39H41N3O4/c1-4-29(39(45)46)21-22-41-25-35(34-15-8-9-16-36(34)41)38(44)30-11-10-14-33(24-30)42(26-37(43)40-31-12-6-5-7-13-31)32-19-17-28(18-20-32)23-27(2)3/h5-20,24-25,27,29H,4,21-23,26H2,1-3H3,(H,40,43)(H,45,46). The van der Waals surface area contributed by atoms with Crippen molar-refractivity contribution in [2.24, 2.45) is 11.8 Å². The third-order valence-electron chi connectivity index (χ3n) is 8.26. The third-order valence-corrected chi connectivity index (χ3v) is 8.26. The Morgan fingerprint density at radius 1 is 0.848 bits per heavy atom. The van der Waals surface area contributed by atoms with Crippen LogP contribution in [0.4, 0.5) is 17.1 Å². The van der Waals surface area contributed by atoms with Crippen molar-refractivity contribution in [2.75, 3.05) is 16.8 Å². The second kappa shape index (κ2) is 14.7. The van der Waals surface area contributed by atoms with Crippen molar-refractivity contribution in [1.82, 2.24) is 4.57 Å². The fraction of sp³-hybridized carbons (Fsp3) is 0.256. The number of aryl methyl sites for hydroxylation is 1. The number of aromatic nitrogens is 1. The third kappa shape index (κ3) is 7.72. The van der Waals surface area contributed by atoms with Crippen molar-refractivity contribution in [2.45, 2.75) is 46.6 Å². The van der Waals surface area contributed by atoms with Crippen LogP contribution in [0.5, 0.6) is 0 Å². The van der Waals surface area contributed by atoms with Crippen LogP contribution in [0.25, 0.3) is 10.9 Å². The first-order valence-electron chi connectivity index (χ1n) is 15.9. The van der Waals surface area contributed by atoms with E-state index in [1.165, 1.54) is 5.56 Å². The molecule has 5 rings (SSSR count). The zero-order valence-electron chi connectivity index (χ0n) is 26.6. The minimum Gasteiger partial charge on any atom is -0.481 e. The SMILES string of the molecule is CCC(CCn1cc(C(=O)c2cccc(N(CC(=O)Nc3ccccc3)c3ccc(CC(C)C)cc3)c2)c2ccccc21)C(=O)O. The summed E-state index contributed by atoms with van der Waals surface area (Å²) < 4.78 is 1.98. The van der Waals surface area contributed by atoms with E-state index >= 15 is 0 Å². The highest BCUT2D eigenvalue weighted by atomic mass is 16.4. The number of carbonyl (C=O) groups excluding carboxylic acids is 2. The molecule has 46 heavy (non-hydrogen) atoms. The molecule has 0 aliphatic heterocycles. The Labute approximate surface area is 270 Å². The summed E-state index contributed by atoms with van der Waals surface area (Å²) >= 11 is 0. The van der Waals surface area contributed by atoms with Gasteiger partial charge in [0.15, 0.2) is 5.78 Å². The van der Waals surface area contributed by atoms with Gasteiger partial charge in [0.1, 0.15) is 6.54 Å². The van der Waals surface area contributed by atoms with Crippen molar-refractivity contribution < 1.29 is 19.5 Å². The Balaban J connectivity index is 1.46. The zero-order chi connectivity index (χ0) is 32.6. The number of nitrogens with one attached hydrogen (secondary N) is 1. The molecule has 1 atom stereocenters. The summed E-state index contributed by atoms with van der Waals surface area (Å²) in [7, 11) is 0. The summed E-state index contributed by atoms with van der Waals surface area (Å²) in [5.74, 6) is -1.03. The molecule has 0 saturated heterocycles. The quantitative estimate of drug-likeness (QED) is 0.123. The second-order valence-electron chi connectivity index (χ2n) is 12.1. The van der Waals surface area contributed by atoms with Crippen molar-refractivity contribution >= 4 is 45.6 Å². The van der Waals surface area contributed by atoms with Gasteiger partial charge in [-0.2, -0.15) is 0 Å². The van der Waals surface area contributed by atoms with Gasteiger partial charge in [0, 0.05) is 51.8 Å². The molecule has 0 radical (unpaired) electrons. The number of carbonyl (C=O) groups is 3. The summed E-state index contributed by atoms with van der Waals surface area (Å²) in [5, 5.41) is 13.3. The number of anilines is 3. The predicted molar refractivity (Wildman–Crippen MR) is 185 cm³/mol. The molecule has 0 spiro atoms. The Hall–Kier alpha value is -5.17. The molecule has 1 amide bonds. The van der Waals surface area contributed by atoms with Crippen LogP contribution in [-0.4, -0.2) is 33.9 Å². The number of amides is 1. The molecule has 2 N–H and O–H groups in total. The number of hydrogen-bond donors (Lipinski definition) is 2. The molecular weight excluding hydrogens is 574 g/mol. The zero-order valence-corrected chi connectivity index (χ0v) is 26.6. The number of ketones is 1. The average Bonchev–Trinajstić information content (AvgIpc) is 3.43. The lowest BCUT2D eigenvalue weighted by molar-refractivity contribution is -0.142. The van der Waals surface area contributed by atoms with Gasteiger partial charge in [-0.1, -0.05) is 81.4 Å². The van der Waals surface area contributed by atoms with Crippen molar-refractivity contribution in [1.29, 1.82) is 0 Å². The van der Waals surface area contributed by atoms with Gasteiger partial charge in [0.25, 0.3) is 0 Å². The molecule has 236 valence electrons. The smallest absolute Gasteiger partial charge is 0.306 e. The van der Waals surface area contributed by atoms with Crippen molar-refractivity contribution in [3.05, 3.63) is 126 Å². The first kappa shape index (κ1) is 32.2. The molecule has 0 aliphatic rings. The van der Waals surface area contributed by atoms with Gasteiger partial charge in [-0.3, -0.25) is 14.4 Å².